The average molecular weight is 311 g/mol. The van der Waals surface area contributed by atoms with E-state index in [9.17, 15) is 13.2 Å². The Bertz CT molecular complexity index is 766. The van der Waals surface area contributed by atoms with Crippen LogP contribution in [0.5, 0.6) is 0 Å². The monoisotopic (exact) mass is 311 g/mol. The third-order valence-electron chi connectivity index (χ3n) is 2.60. The van der Waals surface area contributed by atoms with Crippen molar-refractivity contribution in [1.82, 2.24) is 4.98 Å². The summed E-state index contributed by atoms with van der Waals surface area (Å²) in [6.07, 6.45) is 1.64. The van der Waals surface area contributed by atoms with Gasteiger partial charge in [0.1, 0.15) is 0 Å². The number of carbonyl (C=O) groups excluding carboxylic acids is 1. The maximum Gasteiger partial charge on any atom is 0.257 e. The van der Waals surface area contributed by atoms with Gasteiger partial charge in [-0.3, -0.25) is 10.1 Å². The lowest BCUT2D eigenvalue weighted by Gasteiger charge is -2.06. The smallest absolute Gasteiger partial charge is 0.257 e. The second kappa shape index (κ2) is 5.31. The van der Waals surface area contributed by atoms with Gasteiger partial charge in [-0.2, -0.15) is 0 Å². The number of thiazole rings is 1. The van der Waals surface area contributed by atoms with Gasteiger partial charge in [0.15, 0.2) is 5.13 Å². The first-order chi connectivity index (χ1) is 9.27. The highest BCUT2D eigenvalue weighted by Crippen LogP contribution is 2.19. The van der Waals surface area contributed by atoms with Crippen LogP contribution in [-0.2, 0) is 10.0 Å². The summed E-state index contributed by atoms with van der Waals surface area (Å²) in [5.74, 6) is -0.427. The fourth-order valence-electron chi connectivity index (χ4n) is 1.63. The topological polar surface area (TPSA) is 102 Å². The van der Waals surface area contributed by atoms with Gasteiger partial charge in [0.2, 0.25) is 10.0 Å². The van der Waals surface area contributed by atoms with Crippen molar-refractivity contribution in [1.29, 1.82) is 0 Å². The minimum Gasteiger partial charge on any atom is -0.298 e. The Morgan fingerprint density at radius 1 is 1.35 bits per heavy atom. The van der Waals surface area contributed by atoms with E-state index in [0.717, 1.165) is 4.88 Å². The molecule has 1 aromatic heterocycles. The van der Waals surface area contributed by atoms with Crippen LogP contribution in [-0.4, -0.2) is 19.3 Å². The van der Waals surface area contributed by atoms with E-state index in [-0.39, 0.29) is 10.5 Å². The quantitative estimate of drug-likeness (QED) is 0.899. The largest absolute Gasteiger partial charge is 0.298 e. The van der Waals surface area contributed by atoms with Gasteiger partial charge in [-0.25, -0.2) is 18.5 Å². The Kier molecular flexibility index (Phi) is 3.89. The van der Waals surface area contributed by atoms with Gasteiger partial charge in [-0.1, -0.05) is 6.07 Å². The average Bonchev–Trinajstić information content (AvgIpc) is 2.73. The van der Waals surface area contributed by atoms with Crippen molar-refractivity contribution in [3.05, 3.63) is 40.4 Å². The normalized spacial score (nSPS) is 11.3. The van der Waals surface area contributed by atoms with Crippen LogP contribution in [0.15, 0.2) is 29.3 Å². The number of primary sulfonamides is 1. The molecule has 0 radical (unpaired) electrons. The maximum absolute atomic E-state index is 12.0. The van der Waals surface area contributed by atoms with Crippen LogP contribution < -0.4 is 10.5 Å². The number of anilines is 1. The Morgan fingerprint density at radius 3 is 2.60 bits per heavy atom. The molecule has 8 heteroatoms. The molecule has 1 heterocycles. The van der Waals surface area contributed by atoms with Crippen molar-refractivity contribution in [3.8, 4) is 0 Å². The first-order valence-corrected chi connectivity index (χ1v) is 8.01. The Morgan fingerprint density at radius 2 is 2.05 bits per heavy atom. The van der Waals surface area contributed by atoms with Gasteiger partial charge in [-0.05, 0) is 31.5 Å². The second-order valence-corrected chi connectivity index (χ2v) is 7.02. The van der Waals surface area contributed by atoms with Crippen LogP contribution in [0, 0.1) is 13.8 Å². The van der Waals surface area contributed by atoms with E-state index in [4.69, 9.17) is 5.14 Å². The van der Waals surface area contributed by atoms with E-state index in [1.165, 1.54) is 17.4 Å². The highest BCUT2D eigenvalue weighted by Gasteiger charge is 2.15. The summed E-state index contributed by atoms with van der Waals surface area (Å²) >= 11 is 1.34. The fourth-order valence-corrected chi connectivity index (χ4v) is 3.10. The summed E-state index contributed by atoms with van der Waals surface area (Å²) < 4.78 is 22.9. The van der Waals surface area contributed by atoms with Gasteiger partial charge < -0.3 is 0 Å². The van der Waals surface area contributed by atoms with Gasteiger partial charge in [0, 0.05) is 16.6 Å². The molecule has 1 aromatic carbocycles. The standard InChI is InChI=1S/C12H13N3O3S2/c1-7-3-4-9(5-10(7)20(13,17)18)11(16)15-12-14-6-8(2)19-12/h3-6H,1-2H3,(H2,13,17,18)(H,14,15,16). The van der Waals surface area contributed by atoms with Crippen LogP contribution in [0.2, 0.25) is 0 Å². The number of sulfonamides is 1. The highest BCUT2D eigenvalue weighted by molar-refractivity contribution is 7.89. The van der Waals surface area contributed by atoms with Crippen LogP contribution in [0.1, 0.15) is 20.8 Å². The van der Waals surface area contributed by atoms with Crippen LogP contribution in [0.3, 0.4) is 0 Å². The Balaban J connectivity index is 2.31. The minimum atomic E-state index is -3.85. The Hall–Kier alpha value is -1.77. The molecule has 0 saturated carbocycles. The van der Waals surface area contributed by atoms with E-state index >= 15 is 0 Å². The number of nitrogens with one attached hydrogen (secondary N) is 1. The molecule has 2 rings (SSSR count). The van der Waals surface area contributed by atoms with E-state index in [1.54, 1.807) is 25.3 Å². The third kappa shape index (κ3) is 3.21. The lowest BCUT2D eigenvalue weighted by atomic mass is 10.1. The van der Waals surface area contributed by atoms with Crippen molar-refractivity contribution >= 4 is 32.4 Å². The van der Waals surface area contributed by atoms with Crippen molar-refractivity contribution < 1.29 is 13.2 Å². The zero-order chi connectivity index (χ0) is 14.9. The zero-order valence-corrected chi connectivity index (χ0v) is 12.5. The minimum absolute atomic E-state index is 0.0551. The van der Waals surface area contributed by atoms with E-state index in [2.05, 4.69) is 10.3 Å². The zero-order valence-electron chi connectivity index (χ0n) is 10.9. The molecule has 3 N–H and O–H groups in total. The number of nitrogens with zero attached hydrogens (tertiary/aromatic N) is 1. The molecule has 6 nitrogen and oxygen atoms in total. The van der Waals surface area contributed by atoms with Crippen LogP contribution >= 0.6 is 11.3 Å². The Labute approximate surface area is 120 Å². The SMILES string of the molecule is Cc1cnc(NC(=O)c2ccc(C)c(S(N)(=O)=O)c2)s1. The number of amides is 1. The predicted molar refractivity (Wildman–Crippen MR) is 77.4 cm³/mol. The third-order valence-corrected chi connectivity index (χ3v) is 4.48. The molecule has 2 aromatic rings. The van der Waals surface area contributed by atoms with Crippen LogP contribution in [0.25, 0.3) is 0 Å². The molecule has 20 heavy (non-hydrogen) atoms. The van der Waals surface area contributed by atoms with E-state index in [0.29, 0.717) is 10.7 Å². The second-order valence-electron chi connectivity index (χ2n) is 4.26. The van der Waals surface area contributed by atoms with Crippen molar-refractivity contribution in [3.63, 3.8) is 0 Å². The number of rotatable bonds is 3. The first-order valence-electron chi connectivity index (χ1n) is 5.64. The molecule has 0 bridgehead atoms. The van der Waals surface area contributed by atoms with E-state index in [1.807, 2.05) is 6.92 Å². The molecule has 0 fully saturated rings. The molecule has 0 atom stereocenters. The molecule has 0 unspecified atom stereocenters. The van der Waals surface area contributed by atoms with Gasteiger partial charge in [-0.15, -0.1) is 11.3 Å². The lowest BCUT2D eigenvalue weighted by molar-refractivity contribution is 0.102. The molecule has 0 aliphatic rings. The summed E-state index contributed by atoms with van der Waals surface area (Å²) in [4.78, 5) is 17.0. The molecule has 0 saturated heterocycles. The molecular formula is C12H13N3O3S2. The summed E-state index contributed by atoms with van der Waals surface area (Å²) in [7, 11) is -3.85. The van der Waals surface area contributed by atoms with Crippen molar-refractivity contribution in [2.45, 2.75) is 18.7 Å². The number of aromatic nitrogens is 1. The highest BCUT2D eigenvalue weighted by atomic mass is 32.2. The lowest BCUT2D eigenvalue weighted by Crippen LogP contribution is -2.16. The molecule has 0 spiro atoms. The summed E-state index contributed by atoms with van der Waals surface area (Å²) in [6, 6.07) is 4.35. The van der Waals surface area contributed by atoms with Crippen molar-refractivity contribution in [2.24, 2.45) is 5.14 Å². The summed E-state index contributed by atoms with van der Waals surface area (Å²) in [6.45, 7) is 3.49. The number of benzene rings is 1. The predicted octanol–water partition coefficient (Wildman–Crippen LogP) is 1.66. The maximum atomic E-state index is 12.0. The molecule has 1 amide bonds. The number of carbonyl (C=O) groups is 1. The number of hydrogen-bond donors (Lipinski definition) is 2. The van der Waals surface area contributed by atoms with E-state index < -0.39 is 15.9 Å². The van der Waals surface area contributed by atoms with Gasteiger partial charge in [0.05, 0.1) is 4.90 Å². The van der Waals surface area contributed by atoms with Gasteiger partial charge in [0.25, 0.3) is 5.91 Å². The number of nitrogens with two attached hydrogens (primary N) is 1. The first kappa shape index (κ1) is 14.6. The fraction of sp³-hybridized carbons (Fsp3) is 0.167. The molecule has 0 aliphatic carbocycles. The van der Waals surface area contributed by atoms with Crippen molar-refractivity contribution in [2.75, 3.05) is 5.32 Å². The van der Waals surface area contributed by atoms with Gasteiger partial charge >= 0.3 is 0 Å². The molecule has 0 aliphatic heterocycles. The number of aryl methyl sites for hydroxylation is 2. The molecular weight excluding hydrogens is 298 g/mol. The van der Waals surface area contributed by atoms with Crippen LogP contribution in [0.4, 0.5) is 5.13 Å². The molecule has 106 valence electrons. The summed E-state index contributed by atoms with van der Waals surface area (Å²) in [5, 5.41) is 8.19. The summed E-state index contributed by atoms with van der Waals surface area (Å²) in [5.41, 5.74) is 0.710. The number of hydrogen-bond acceptors (Lipinski definition) is 5.